The van der Waals surface area contributed by atoms with Crippen LogP contribution in [0, 0.1) is 0 Å². The van der Waals surface area contributed by atoms with Gasteiger partial charge in [-0.15, -0.1) is 0 Å². The predicted octanol–water partition coefficient (Wildman–Crippen LogP) is 19.0. The van der Waals surface area contributed by atoms with E-state index < -0.39 is 26.6 Å². The lowest BCUT2D eigenvalue weighted by molar-refractivity contribution is -0.870. The zero-order valence-corrected chi connectivity index (χ0v) is 51.2. The molecule has 75 heavy (non-hydrogen) atoms. The number of carbonyl (C=O) groups is 2. The molecule has 0 aromatic heterocycles. The molecule has 0 heterocycles. The number of phosphoric acid groups is 1. The van der Waals surface area contributed by atoms with E-state index >= 15 is 0 Å². The molecule has 1 amide bonds. The number of quaternary nitrogens is 1. The number of hydrogen-bond donors (Lipinski definition) is 1. The molecule has 0 aromatic rings. The van der Waals surface area contributed by atoms with Crippen LogP contribution in [0.25, 0.3) is 0 Å². The Morgan fingerprint density at radius 3 is 1.27 bits per heavy atom. The summed E-state index contributed by atoms with van der Waals surface area (Å²) in [7, 11) is 1.18. The maximum absolute atomic E-state index is 13.5. The van der Waals surface area contributed by atoms with Gasteiger partial charge in [0.05, 0.1) is 33.8 Å². The Labute approximate surface area is 465 Å². The molecule has 9 nitrogen and oxygen atoms in total. The Morgan fingerprint density at radius 1 is 0.480 bits per heavy atom. The zero-order chi connectivity index (χ0) is 55.0. The van der Waals surface area contributed by atoms with Crippen molar-refractivity contribution in [2.24, 2.45) is 0 Å². The van der Waals surface area contributed by atoms with Gasteiger partial charge in [0.2, 0.25) is 5.91 Å². The molecule has 440 valence electrons. The second-order valence-electron chi connectivity index (χ2n) is 23.0. The minimum atomic E-state index is -4.70. The van der Waals surface area contributed by atoms with Crippen molar-refractivity contribution in [1.29, 1.82) is 0 Å². The molecule has 0 fully saturated rings. The van der Waals surface area contributed by atoms with E-state index in [-0.39, 0.29) is 24.9 Å². The minimum Gasteiger partial charge on any atom is -0.756 e. The zero-order valence-electron chi connectivity index (χ0n) is 50.3. The summed E-state index contributed by atoms with van der Waals surface area (Å²) >= 11 is 0. The van der Waals surface area contributed by atoms with E-state index in [1.807, 2.05) is 33.3 Å². The van der Waals surface area contributed by atoms with E-state index in [1.54, 1.807) is 0 Å². The summed E-state index contributed by atoms with van der Waals surface area (Å²) in [6.07, 6.45) is 68.0. The lowest BCUT2D eigenvalue weighted by atomic mass is 10.0. The van der Waals surface area contributed by atoms with Crippen molar-refractivity contribution < 1.29 is 37.3 Å². The van der Waals surface area contributed by atoms with E-state index in [9.17, 15) is 19.0 Å². The van der Waals surface area contributed by atoms with Gasteiger partial charge in [-0.1, -0.05) is 288 Å². The van der Waals surface area contributed by atoms with Gasteiger partial charge in [-0.2, -0.15) is 0 Å². The molecule has 0 aliphatic heterocycles. The Bertz CT molecular complexity index is 1420. The molecular formula is C65H123N2O7P. The number of phosphoric ester groups is 1. The molecular weight excluding hydrogens is 952 g/mol. The second-order valence-corrected chi connectivity index (χ2v) is 24.4. The van der Waals surface area contributed by atoms with Crippen LogP contribution in [0.15, 0.2) is 48.6 Å². The summed E-state index contributed by atoms with van der Waals surface area (Å²) in [6.45, 7) is 6.73. The van der Waals surface area contributed by atoms with Crippen LogP contribution in [-0.4, -0.2) is 69.4 Å². The molecule has 0 saturated heterocycles. The Morgan fingerprint density at radius 2 is 0.853 bits per heavy atom. The van der Waals surface area contributed by atoms with Crippen LogP contribution in [0.2, 0.25) is 0 Å². The van der Waals surface area contributed by atoms with Crippen molar-refractivity contribution in [2.45, 2.75) is 315 Å². The lowest BCUT2D eigenvalue weighted by Gasteiger charge is -2.30. The standard InChI is InChI=1S/C65H123N2O7P/c1-7-10-13-16-19-22-25-28-29-30-31-32-33-34-35-36-37-40-42-45-48-51-54-57-64(68)66-62(61-73-75(70,71)72-60-59-67(4,5)6)63(56-53-50-47-44-41-38-26-23-20-17-14-11-8-2)74-65(69)58-55-52-49-46-43-39-27-24-21-18-15-12-9-3/h12,15,18,21,24,27,53,56,62-63H,7-11,13-14,16-17,19-20,22-23,25-26,28-52,54-55,57-61H2,1-6H3,(H-,66,68,70,71)/b15-12+,21-18+,27-24-,56-53-. The summed E-state index contributed by atoms with van der Waals surface area (Å²) in [4.78, 5) is 40.0. The van der Waals surface area contributed by atoms with Crippen molar-refractivity contribution in [3.63, 3.8) is 0 Å². The monoisotopic (exact) mass is 1070 g/mol. The summed E-state index contributed by atoms with van der Waals surface area (Å²) in [5.74, 6) is -0.553. The van der Waals surface area contributed by atoms with Gasteiger partial charge in [0.1, 0.15) is 19.3 Å². The topological polar surface area (TPSA) is 114 Å². The molecule has 0 aromatic carbocycles. The van der Waals surface area contributed by atoms with Crippen molar-refractivity contribution in [3.05, 3.63) is 48.6 Å². The van der Waals surface area contributed by atoms with Crippen LogP contribution in [0.4, 0.5) is 0 Å². The van der Waals surface area contributed by atoms with Gasteiger partial charge in [0.25, 0.3) is 7.82 Å². The quantitative estimate of drug-likeness (QED) is 0.0161. The fourth-order valence-electron chi connectivity index (χ4n) is 9.41. The summed E-state index contributed by atoms with van der Waals surface area (Å²) in [5, 5.41) is 3.03. The number of rotatable bonds is 58. The average molecular weight is 1080 g/mol. The van der Waals surface area contributed by atoms with Gasteiger partial charge >= 0.3 is 5.97 Å². The second kappa shape index (κ2) is 55.3. The highest BCUT2D eigenvalue weighted by Crippen LogP contribution is 2.38. The van der Waals surface area contributed by atoms with Crippen LogP contribution >= 0.6 is 7.82 Å². The highest BCUT2D eigenvalue weighted by atomic mass is 31.2. The van der Waals surface area contributed by atoms with Gasteiger partial charge in [0, 0.05) is 12.8 Å². The smallest absolute Gasteiger partial charge is 0.306 e. The maximum Gasteiger partial charge on any atom is 0.306 e. The Kier molecular flexibility index (Phi) is 53.8. The molecule has 3 unspecified atom stereocenters. The number of hydrogen-bond acceptors (Lipinski definition) is 7. The first-order valence-corrected chi connectivity index (χ1v) is 33.4. The predicted molar refractivity (Wildman–Crippen MR) is 321 cm³/mol. The van der Waals surface area contributed by atoms with Gasteiger partial charge in [-0.25, -0.2) is 0 Å². The number of carbonyl (C=O) groups excluding carboxylic acids is 2. The molecule has 0 aliphatic rings. The third-order valence-electron chi connectivity index (χ3n) is 14.3. The molecule has 1 N–H and O–H groups in total. The summed E-state index contributed by atoms with van der Waals surface area (Å²) in [6, 6.07) is -0.894. The lowest BCUT2D eigenvalue weighted by Crippen LogP contribution is -2.47. The number of nitrogens with zero attached hydrogens (tertiary/aromatic N) is 1. The molecule has 0 rings (SSSR count). The summed E-state index contributed by atoms with van der Waals surface area (Å²) < 4.78 is 30.3. The first kappa shape index (κ1) is 73.0. The number of amides is 1. The van der Waals surface area contributed by atoms with Gasteiger partial charge < -0.3 is 28.5 Å². The molecule has 0 radical (unpaired) electrons. The molecule has 3 atom stereocenters. The van der Waals surface area contributed by atoms with E-state index in [0.717, 1.165) is 77.0 Å². The van der Waals surface area contributed by atoms with Crippen molar-refractivity contribution in [1.82, 2.24) is 5.32 Å². The van der Waals surface area contributed by atoms with Gasteiger partial charge in [-0.3, -0.25) is 14.2 Å². The van der Waals surface area contributed by atoms with E-state index in [0.29, 0.717) is 23.9 Å². The third kappa shape index (κ3) is 56.5. The SMILES string of the molecule is CC/C=C/C=C/C=C\CCCCCCCC(=O)OC(/C=C\CCCCCCCCCCCCC)C(COP(=O)([O-])OCC[N+](C)(C)C)NC(=O)CCCCCCCCCCCCCCCCCCCCCCCCC. The van der Waals surface area contributed by atoms with E-state index in [1.165, 1.54) is 186 Å². The molecule has 10 heteroatoms. The first-order valence-electron chi connectivity index (χ1n) is 32.0. The molecule has 0 saturated carbocycles. The number of unbranched alkanes of at least 4 members (excludes halogenated alkanes) is 38. The largest absolute Gasteiger partial charge is 0.756 e. The van der Waals surface area contributed by atoms with Crippen molar-refractivity contribution >= 4 is 19.7 Å². The number of esters is 1. The fourth-order valence-corrected chi connectivity index (χ4v) is 10.1. The maximum atomic E-state index is 13.5. The average Bonchev–Trinajstić information content (AvgIpc) is 3.37. The van der Waals surface area contributed by atoms with Crippen molar-refractivity contribution in [3.8, 4) is 0 Å². The third-order valence-corrected chi connectivity index (χ3v) is 15.3. The van der Waals surface area contributed by atoms with Gasteiger partial charge in [0.15, 0.2) is 0 Å². The van der Waals surface area contributed by atoms with Crippen LogP contribution in [0.5, 0.6) is 0 Å². The minimum absolute atomic E-state index is 0.0247. The molecule has 0 spiro atoms. The van der Waals surface area contributed by atoms with Gasteiger partial charge in [-0.05, 0) is 51.0 Å². The molecule has 0 aliphatic carbocycles. The first-order chi connectivity index (χ1) is 36.4. The van der Waals surface area contributed by atoms with Crippen LogP contribution in [-0.2, 0) is 27.9 Å². The number of allylic oxidation sites excluding steroid dienone is 7. The molecule has 0 bridgehead atoms. The highest BCUT2D eigenvalue weighted by molar-refractivity contribution is 7.45. The van der Waals surface area contributed by atoms with Crippen molar-refractivity contribution in [2.75, 3.05) is 40.9 Å². The normalized spacial score (nSPS) is 14.0. The van der Waals surface area contributed by atoms with E-state index in [2.05, 4.69) is 62.5 Å². The highest BCUT2D eigenvalue weighted by Gasteiger charge is 2.27. The number of likely N-dealkylation sites (N-methyl/N-ethyl adjacent to an activating group) is 1. The summed E-state index contributed by atoms with van der Waals surface area (Å²) in [5.41, 5.74) is 0. The van der Waals surface area contributed by atoms with E-state index in [4.69, 9.17) is 13.8 Å². The fraction of sp³-hybridized carbons (Fsp3) is 0.846. The van der Waals surface area contributed by atoms with Crippen LogP contribution < -0.4 is 10.2 Å². The Balaban J connectivity index is 5.14. The van der Waals surface area contributed by atoms with Crippen LogP contribution in [0.1, 0.15) is 303 Å². The number of ether oxygens (including phenoxy) is 1. The number of nitrogens with one attached hydrogen (secondary N) is 1. The Hall–Kier alpha value is -2.03. The van der Waals surface area contributed by atoms with Crippen LogP contribution in [0.3, 0.4) is 0 Å².